The van der Waals surface area contributed by atoms with Crippen molar-refractivity contribution in [2.75, 3.05) is 26.4 Å². The summed E-state index contributed by atoms with van der Waals surface area (Å²) in [4.78, 5) is 0. The van der Waals surface area contributed by atoms with Crippen molar-refractivity contribution in [3.05, 3.63) is 0 Å². The van der Waals surface area contributed by atoms with E-state index in [2.05, 4.69) is 13.8 Å². The number of hydrogen-bond acceptors (Lipinski definition) is 3. The molecule has 4 heteroatoms. The third-order valence-corrected chi connectivity index (χ3v) is 4.04. The molecule has 0 amide bonds. The Kier molecular flexibility index (Phi) is 12.2. The van der Waals surface area contributed by atoms with Gasteiger partial charge in [0.1, 0.15) is 0 Å². The molecule has 3 nitrogen and oxygen atoms in total. The Hall–Kier alpha value is 0.0969. The maximum atomic E-state index is 5.73. The Morgan fingerprint density at radius 3 is 1.93 bits per heavy atom. The van der Waals surface area contributed by atoms with Crippen LogP contribution in [0.3, 0.4) is 0 Å². The summed E-state index contributed by atoms with van der Waals surface area (Å²) in [7, 11) is -1.39. The fourth-order valence-electron chi connectivity index (χ4n) is 1.21. The molecule has 0 saturated carbocycles. The second kappa shape index (κ2) is 12.2. The Morgan fingerprint density at radius 1 is 0.867 bits per heavy atom. The zero-order valence-electron chi connectivity index (χ0n) is 10.5. The largest absolute Gasteiger partial charge is 0.397 e. The van der Waals surface area contributed by atoms with E-state index >= 15 is 0 Å². The molecule has 0 rings (SSSR count). The fourth-order valence-corrected chi connectivity index (χ4v) is 3.14. The van der Waals surface area contributed by atoms with E-state index in [9.17, 15) is 0 Å². The summed E-state index contributed by atoms with van der Waals surface area (Å²) in [5, 5.41) is 0. The lowest BCUT2D eigenvalue weighted by molar-refractivity contribution is 0.142. The first-order valence-corrected chi connectivity index (χ1v) is 7.91. The van der Waals surface area contributed by atoms with Gasteiger partial charge in [0.15, 0.2) is 0 Å². The summed E-state index contributed by atoms with van der Waals surface area (Å²) in [6.07, 6.45) is 3.22. The maximum absolute atomic E-state index is 5.73. The molecule has 0 unspecified atom stereocenters. The van der Waals surface area contributed by atoms with E-state index in [1.807, 2.05) is 6.92 Å². The minimum absolute atomic E-state index is 0.803. The van der Waals surface area contributed by atoms with Crippen LogP contribution in [0.2, 0.25) is 6.04 Å². The molecule has 92 valence electrons. The molecule has 0 bridgehead atoms. The Balaban J connectivity index is 3.49. The summed E-state index contributed by atoms with van der Waals surface area (Å²) >= 11 is 0. The van der Waals surface area contributed by atoms with Gasteiger partial charge < -0.3 is 13.6 Å². The lowest BCUT2D eigenvalue weighted by Crippen LogP contribution is -2.24. The van der Waals surface area contributed by atoms with Gasteiger partial charge in [-0.25, -0.2) is 0 Å². The molecule has 0 aliphatic heterocycles. The highest BCUT2D eigenvalue weighted by Crippen LogP contribution is 2.03. The molecule has 0 aromatic rings. The molecule has 0 fully saturated rings. The summed E-state index contributed by atoms with van der Waals surface area (Å²) in [5.41, 5.74) is 0. The first-order chi connectivity index (χ1) is 7.35. The first-order valence-electron chi connectivity index (χ1n) is 6.16. The molecule has 0 N–H and O–H groups in total. The fraction of sp³-hybridized carbons (Fsp3) is 1.00. The summed E-state index contributed by atoms with van der Waals surface area (Å²) in [5.74, 6) is 0. The van der Waals surface area contributed by atoms with Crippen LogP contribution >= 0.6 is 0 Å². The second-order valence-corrected chi connectivity index (χ2v) is 5.61. The highest BCUT2D eigenvalue weighted by Gasteiger charge is 2.12. The minimum atomic E-state index is -1.39. The molecular formula is C11H26O3Si. The van der Waals surface area contributed by atoms with E-state index in [1.165, 1.54) is 0 Å². The van der Waals surface area contributed by atoms with Gasteiger partial charge in [0, 0.05) is 26.4 Å². The van der Waals surface area contributed by atoms with Gasteiger partial charge in [-0.1, -0.05) is 13.8 Å². The van der Waals surface area contributed by atoms with Crippen molar-refractivity contribution < 1.29 is 13.6 Å². The molecule has 0 atom stereocenters. The third-order valence-electron chi connectivity index (χ3n) is 1.95. The van der Waals surface area contributed by atoms with Crippen molar-refractivity contribution in [2.45, 2.75) is 46.1 Å². The van der Waals surface area contributed by atoms with Crippen LogP contribution in [0.25, 0.3) is 0 Å². The summed E-state index contributed by atoms with van der Waals surface area (Å²) in [6.45, 7) is 9.61. The number of rotatable bonds is 11. The molecule has 0 aliphatic rings. The van der Waals surface area contributed by atoms with Crippen LogP contribution in [-0.2, 0) is 13.6 Å². The average Bonchev–Trinajstić information content (AvgIpc) is 2.27. The Bertz CT molecular complexity index is 114. The van der Waals surface area contributed by atoms with E-state index in [-0.39, 0.29) is 0 Å². The molecule has 0 aromatic carbocycles. The van der Waals surface area contributed by atoms with Crippen molar-refractivity contribution in [2.24, 2.45) is 0 Å². The van der Waals surface area contributed by atoms with Crippen LogP contribution in [0.5, 0.6) is 0 Å². The third kappa shape index (κ3) is 10.4. The van der Waals surface area contributed by atoms with Gasteiger partial charge in [0.2, 0.25) is 0 Å². The van der Waals surface area contributed by atoms with Gasteiger partial charge in [-0.05, 0) is 32.2 Å². The number of ether oxygens (including phenoxy) is 1. The van der Waals surface area contributed by atoms with Crippen molar-refractivity contribution >= 4 is 9.28 Å². The zero-order chi connectivity index (χ0) is 11.4. The lowest BCUT2D eigenvalue weighted by atomic mass is 10.5. The normalized spacial score (nSPS) is 11.2. The molecule has 0 aliphatic carbocycles. The SMILES string of the molecule is CCCO[SiH](CCCOCC)OCCC. The molecular weight excluding hydrogens is 208 g/mol. The van der Waals surface area contributed by atoms with E-state index in [0.717, 1.165) is 51.7 Å². The van der Waals surface area contributed by atoms with E-state index in [1.54, 1.807) is 0 Å². The number of hydrogen-bond donors (Lipinski definition) is 0. The van der Waals surface area contributed by atoms with Gasteiger partial charge in [0.25, 0.3) is 0 Å². The van der Waals surface area contributed by atoms with Crippen molar-refractivity contribution in [1.29, 1.82) is 0 Å². The highest BCUT2D eigenvalue weighted by atomic mass is 28.3. The van der Waals surface area contributed by atoms with Crippen LogP contribution in [0, 0.1) is 0 Å². The topological polar surface area (TPSA) is 27.7 Å². The van der Waals surface area contributed by atoms with Crippen LogP contribution in [0.4, 0.5) is 0 Å². The smallest absolute Gasteiger partial charge is 0.321 e. The minimum Gasteiger partial charge on any atom is -0.397 e. The molecule has 0 heterocycles. The maximum Gasteiger partial charge on any atom is 0.321 e. The van der Waals surface area contributed by atoms with Gasteiger partial charge >= 0.3 is 9.28 Å². The first kappa shape index (κ1) is 15.1. The van der Waals surface area contributed by atoms with Crippen molar-refractivity contribution in [1.82, 2.24) is 0 Å². The summed E-state index contributed by atoms with van der Waals surface area (Å²) < 4.78 is 16.8. The van der Waals surface area contributed by atoms with E-state index < -0.39 is 9.28 Å². The van der Waals surface area contributed by atoms with Crippen molar-refractivity contribution in [3.63, 3.8) is 0 Å². The molecule has 0 radical (unpaired) electrons. The standard InChI is InChI=1S/C11H26O3Si/c1-4-8-13-15(14-9-5-2)11-7-10-12-6-3/h15H,4-11H2,1-3H3. The van der Waals surface area contributed by atoms with Gasteiger partial charge in [0.05, 0.1) is 0 Å². The monoisotopic (exact) mass is 234 g/mol. The van der Waals surface area contributed by atoms with Crippen LogP contribution in [-0.4, -0.2) is 35.7 Å². The van der Waals surface area contributed by atoms with Crippen LogP contribution in [0.1, 0.15) is 40.0 Å². The molecule has 15 heavy (non-hydrogen) atoms. The predicted octanol–water partition coefficient (Wildman–Crippen LogP) is 2.49. The molecule has 0 saturated heterocycles. The van der Waals surface area contributed by atoms with Gasteiger partial charge in [-0.2, -0.15) is 0 Å². The van der Waals surface area contributed by atoms with E-state index in [0.29, 0.717) is 0 Å². The average molecular weight is 234 g/mol. The van der Waals surface area contributed by atoms with Crippen LogP contribution < -0.4 is 0 Å². The quantitative estimate of drug-likeness (QED) is 0.406. The molecule has 0 aromatic heterocycles. The predicted molar refractivity (Wildman–Crippen MR) is 65.6 cm³/mol. The van der Waals surface area contributed by atoms with Crippen molar-refractivity contribution in [3.8, 4) is 0 Å². The Labute approximate surface area is 96.0 Å². The van der Waals surface area contributed by atoms with Gasteiger partial charge in [-0.3, -0.25) is 0 Å². The van der Waals surface area contributed by atoms with Crippen LogP contribution in [0.15, 0.2) is 0 Å². The second-order valence-electron chi connectivity index (χ2n) is 3.51. The highest BCUT2D eigenvalue weighted by molar-refractivity contribution is 6.44. The lowest BCUT2D eigenvalue weighted by Gasteiger charge is -2.15. The zero-order valence-corrected chi connectivity index (χ0v) is 11.6. The van der Waals surface area contributed by atoms with E-state index in [4.69, 9.17) is 13.6 Å². The summed E-state index contributed by atoms with van der Waals surface area (Å²) in [6, 6.07) is 1.07. The Morgan fingerprint density at radius 2 is 1.47 bits per heavy atom. The molecule has 0 spiro atoms. The van der Waals surface area contributed by atoms with Gasteiger partial charge in [-0.15, -0.1) is 0 Å².